The van der Waals surface area contributed by atoms with Crippen molar-refractivity contribution in [2.45, 2.75) is 39.2 Å². The van der Waals surface area contributed by atoms with Gasteiger partial charge in [0.05, 0.1) is 0 Å². The highest BCUT2D eigenvalue weighted by atomic mass is 15.6. The van der Waals surface area contributed by atoms with E-state index in [1.165, 1.54) is 19.3 Å². The third-order valence-electron chi connectivity index (χ3n) is 2.14. The Morgan fingerprint density at radius 3 is 2.43 bits per heavy atom. The molecule has 0 aromatic carbocycles. The molecule has 0 aromatic heterocycles. The number of hydrogen-bond donors (Lipinski definition) is 3. The number of rotatable bonds is 2. The van der Waals surface area contributed by atoms with E-state index in [1.807, 2.05) is 13.8 Å². The molecule has 14 heavy (non-hydrogen) atoms. The minimum absolute atomic E-state index is 0.248. The van der Waals surface area contributed by atoms with Gasteiger partial charge in [-0.25, -0.2) is 15.8 Å². The van der Waals surface area contributed by atoms with Gasteiger partial charge in [0, 0.05) is 19.1 Å². The fourth-order valence-electron chi connectivity index (χ4n) is 1.51. The zero-order valence-electron chi connectivity index (χ0n) is 9.08. The molecule has 0 atom stereocenters. The van der Waals surface area contributed by atoms with Crippen molar-refractivity contribution in [2.24, 2.45) is 10.8 Å². The molecule has 1 aliphatic rings. The molecule has 4 N–H and O–H groups in total. The number of nitrogens with zero attached hydrogens (tertiary/aromatic N) is 2. The lowest BCUT2D eigenvalue weighted by Gasteiger charge is -2.28. The predicted molar refractivity (Wildman–Crippen MR) is 58.5 cm³/mol. The Bertz CT molecular complexity index is 184. The number of piperidine rings is 1. The van der Waals surface area contributed by atoms with Crippen LogP contribution in [0.2, 0.25) is 0 Å². The Kier molecular flexibility index (Phi) is 4.69. The van der Waals surface area contributed by atoms with E-state index in [4.69, 9.17) is 5.84 Å². The SMILES string of the molecule is CC(C)N=C(NN)NN1CCCCC1. The second-order valence-corrected chi connectivity index (χ2v) is 3.88. The molecule has 1 aliphatic heterocycles. The Labute approximate surface area is 85.7 Å². The van der Waals surface area contributed by atoms with Gasteiger partial charge in [0.2, 0.25) is 5.96 Å². The lowest BCUT2D eigenvalue weighted by molar-refractivity contribution is 0.191. The maximum absolute atomic E-state index is 5.37. The van der Waals surface area contributed by atoms with Crippen LogP contribution >= 0.6 is 0 Å². The number of aliphatic imine (C=N–C) groups is 1. The predicted octanol–water partition coefficient (Wildman–Crippen LogP) is 0.205. The molecule has 1 heterocycles. The minimum atomic E-state index is 0.248. The Hall–Kier alpha value is -0.810. The summed E-state index contributed by atoms with van der Waals surface area (Å²) in [5, 5.41) is 2.16. The van der Waals surface area contributed by atoms with Crippen LogP contribution in [0.5, 0.6) is 0 Å². The zero-order chi connectivity index (χ0) is 10.4. The average Bonchev–Trinajstić information content (AvgIpc) is 2.17. The Morgan fingerprint density at radius 1 is 1.29 bits per heavy atom. The third kappa shape index (κ3) is 3.93. The van der Waals surface area contributed by atoms with Gasteiger partial charge in [0.25, 0.3) is 0 Å². The fourth-order valence-corrected chi connectivity index (χ4v) is 1.51. The number of hydrazine groups is 2. The second kappa shape index (κ2) is 5.82. The molecule has 0 radical (unpaired) electrons. The van der Waals surface area contributed by atoms with Gasteiger partial charge in [-0.2, -0.15) is 0 Å². The summed E-state index contributed by atoms with van der Waals surface area (Å²) in [4.78, 5) is 4.32. The van der Waals surface area contributed by atoms with Gasteiger partial charge in [-0.3, -0.25) is 10.9 Å². The van der Waals surface area contributed by atoms with Crippen molar-refractivity contribution in [1.29, 1.82) is 0 Å². The largest absolute Gasteiger partial charge is 0.293 e. The molecule has 1 rings (SSSR count). The van der Waals surface area contributed by atoms with E-state index >= 15 is 0 Å². The highest BCUT2D eigenvalue weighted by molar-refractivity contribution is 5.78. The van der Waals surface area contributed by atoms with Gasteiger partial charge in [0.15, 0.2) is 0 Å². The van der Waals surface area contributed by atoms with E-state index in [-0.39, 0.29) is 6.04 Å². The van der Waals surface area contributed by atoms with Crippen LogP contribution in [0.1, 0.15) is 33.1 Å². The molecule has 0 aliphatic carbocycles. The van der Waals surface area contributed by atoms with Crippen molar-refractivity contribution < 1.29 is 0 Å². The van der Waals surface area contributed by atoms with Gasteiger partial charge in [0.1, 0.15) is 0 Å². The number of guanidine groups is 1. The van der Waals surface area contributed by atoms with E-state index in [0.717, 1.165) is 13.1 Å². The van der Waals surface area contributed by atoms with Gasteiger partial charge < -0.3 is 0 Å². The highest BCUT2D eigenvalue weighted by Gasteiger charge is 2.10. The first-order chi connectivity index (χ1) is 6.72. The van der Waals surface area contributed by atoms with Crippen LogP contribution in [-0.4, -0.2) is 30.1 Å². The second-order valence-electron chi connectivity index (χ2n) is 3.88. The van der Waals surface area contributed by atoms with Gasteiger partial charge >= 0.3 is 0 Å². The Balaban J connectivity index is 2.38. The molecule has 0 unspecified atom stereocenters. The molecule has 5 heteroatoms. The van der Waals surface area contributed by atoms with Crippen LogP contribution in [0.3, 0.4) is 0 Å². The first kappa shape index (κ1) is 11.3. The summed E-state index contributed by atoms with van der Waals surface area (Å²) in [5.41, 5.74) is 5.76. The Morgan fingerprint density at radius 2 is 1.93 bits per heavy atom. The maximum Gasteiger partial charge on any atom is 0.220 e. The van der Waals surface area contributed by atoms with Crippen LogP contribution in [0, 0.1) is 0 Å². The van der Waals surface area contributed by atoms with Gasteiger partial charge in [-0.05, 0) is 26.7 Å². The first-order valence-electron chi connectivity index (χ1n) is 5.28. The molecule has 0 bridgehead atoms. The van der Waals surface area contributed by atoms with Crippen molar-refractivity contribution in [3.05, 3.63) is 0 Å². The van der Waals surface area contributed by atoms with Gasteiger partial charge in [-0.1, -0.05) is 6.42 Å². The fraction of sp³-hybridized carbons (Fsp3) is 0.889. The molecule has 0 spiro atoms. The van der Waals surface area contributed by atoms with E-state index in [1.54, 1.807) is 0 Å². The monoisotopic (exact) mass is 199 g/mol. The standard InChI is InChI=1S/C9H21N5/c1-8(2)11-9(12-10)13-14-6-4-3-5-7-14/h8H,3-7,10H2,1-2H3,(H2,11,12,13). The summed E-state index contributed by atoms with van der Waals surface area (Å²) in [6.45, 7) is 6.18. The molecule has 0 amide bonds. The van der Waals surface area contributed by atoms with Crippen LogP contribution in [0.25, 0.3) is 0 Å². The average molecular weight is 199 g/mol. The topological polar surface area (TPSA) is 65.7 Å². The van der Waals surface area contributed by atoms with Crippen molar-refractivity contribution in [1.82, 2.24) is 15.9 Å². The summed E-state index contributed by atoms with van der Waals surface area (Å²) >= 11 is 0. The summed E-state index contributed by atoms with van der Waals surface area (Å²) in [6.07, 6.45) is 3.81. The summed E-state index contributed by atoms with van der Waals surface area (Å²) in [5.74, 6) is 6.02. The minimum Gasteiger partial charge on any atom is -0.293 e. The zero-order valence-corrected chi connectivity index (χ0v) is 9.08. The van der Waals surface area contributed by atoms with E-state index in [2.05, 4.69) is 20.9 Å². The maximum atomic E-state index is 5.37. The third-order valence-corrected chi connectivity index (χ3v) is 2.14. The molecule has 82 valence electrons. The van der Waals surface area contributed by atoms with Crippen molar-refractivity contribution in [2.75, 3.05) is 13.1 Å². The normalized spacial score (nSPS) is 19.9. The van der Waals surface area contributed by atoms with Crippen LogP contribution in [-0.2, 0) is 0 Å². The molecule has 0 saturated carbocycles. The quantitative estimate of drug-likeness (QED) is 0.257. The summed E-state index contributed by atoms with van der Waals surface area (Å²) < 4.78 is 0. The molecule has 1 saturated heterocycles. The van der Waals surface area contributed by atoms with E-state index in [0.29, 0.717) is 5.96 Å². The van der Waals surface area contributed by atoms with Crippen molar-refractivity contribution in [3.63, 3.8) is 0 Å². The smallest absolute Gasteiger partial charge is 0.220 e. The lowest BCUT2D eigenvalue weighted by Crippen LogP contribution is -2.52. The number of nitrogens with one attached hydrogen (secondary N) is 2. The van der Waals surface area contributed by atoms with E-state index in [9.17, 15) is 0 Å². The molecular formula is C9H21N5. The van der Waals surface area contributed by atoms with Crippen molar-refractivity contribution in [3.8, 4) is 0 Å². The summed E-state index contributed by atoms with van der Waals surface area (Å²) in [6, 6.07) is 0.248. The molecule has 5 nitrogen and oxygen atoms in total. The number of nitrogens with two attached hydrogens (primary N) is 1. The van der Waals surface area contributed by atoms with Gasteiger partial charge in [-0.15, -0.1) is 0 Å². The van der Waals surface area contributed by atoms with E-state index < -0.39 is 0 Å². The van der Waals surface area contributed by atoms with Crippen LogP contribution in [0.15, 0.2) is 4.99 Å². The summed E-state index contributed by atoms with van der Waals surface area (Å²) in [7, 11) is 0. The van der Waals surface area contributed by atoms with Crippen molar-refractivity contribution >= 4 is 5.96 Å². The molecular weight excluding hydrogens is 178 g/mol. The number of hydrogen-bond acceptors (Lipinski definition) is 3. The van der Waals surface area contributed by atoms with Crippen LogP contribution < -0.4 is 16.7 Å². The van der Waals surface area contributed by atoms with Crippen LogP contribution in [0.4, 0.5) is 0 Å². The lowest BCUT2D eigenvalue weighted by atomic mass is 10.2. The molecule has 1 fully saturated rings. The first-order valence-corrected chi connectivity index (χ1v) is 5.28. The molecule has 0 aromatic rings. The highest BCUT2D eigenvalue weighted by Crippen LogP contribution is 2.05.